The minimum atomic E-state index is -5.32. The Morgan fingerprint density at radius 2 is 0.897 bits per heavy atom. The van der Waals surface area contributed by atoms with Gasteiger partial charge in [0.25, 0.3) is 0 Å². The molecule has 2 aliphatic carbocycles. The zero-order chi connectivity index (χ0) is 21.7. The lowest BCUT2D eigenvalue weighted by molar-refractivity contribution is -0.383. The van der Waals surface area contributed by atoms with E-state index in [1.165, 1.54) is 0 Å². The first kappa shape index (κ1) is 24.8. The third kappa shape index (κ3) is 5.41. The van der Waals surface area contributed by atoms with Crippen molar-refractivity contribution in [3.05, 3.63) is 0 Å². The predicted molar refractivity (Wildman–Crippen MR) is 98.5 cm³/mol. The molecule has 2 aliphatic rings. The van der Waals surface area contributed by atoms with Crippen molar-refractivity contribution in [2.45, 2.75) is 103 Å². The SMILES string of the molecule is CCCOC1CCC(C(C2CCC(OCCC)CC2)(C(F)(F)F)C(F)(F)F)CC1. The largest absolute Gasteiger partial charge is 0.403 e. The van der Waals surface area contributed by atoms with Crippen molar-refractivity contribution in [1.82, 2.24) is 0 Å². The van der Waals surface area contributed by atoms with Crippen LogP contribution in [0.4, 0.5) is 26.3 Å². The smallest absolute Gasteiger partial charge is 0.378 e. The Morgan fingerprint density at radius 3 is 1.14 bits per heavy atom. The summed E-state index contributed by atoms with van der Waals surface area (Å²) in [4.78, 5) is 0. The van der Waals surface area contributed by atoms with Crippen LogP contribution >= 0.6 is 0 Å². The van der Waals surface area contributed by atoms with E-state index >= 15 is 0 Å². The minimum absolute atomic E-state index is 0.0976. The normalized spacial score (nSPS) is 29.8. The standard InChI is InChI=1S/C21H34F6O2/c1-3-13-28-17-9-5-15(6-10-17)19(20(22,23)24,21(25,26)27)16-7-11-18(12-8-16)29-14-4-2/h15-18H,3-14H2,1-2H3. The lowest BCUT2D eigenvalue weighted by atomic mass is 9.57. The topological polar surface area (TPSA) is 18.5 Å². The summed E-state index contributed by atoms with van der Waals surface area (Å²) in [5.74, 6) is -2.89. The van der Waals surface area contributed by atoms with E-state index in [1.54, 1.807) is 0 Å². The van der Waals surface area contributed by atoms with Crippen LogP contribution in [-0.2, 0) is 9.47 Å². The van der Waals surface area contributed by atoms with Gasteiger partial charge in [0.15, 0.2) is 5.41 Å². The fourth-order valence-electron chi connectivity index (χ4n) is 5.36. The summed E-state index contributed by atoms with van der Waals surface area (Å²) in [6.07, 6.45) is -8.92. The third-order valence-electron chi connectivity index (χ3n) is 6.69. The number of hydrogen-bond acceptors (Lipinski definition) is 2. The van der Waals surface area contributed by atoms with E-state index in [-0.39, 0.29) is 63.6 Å². The summed E-state index contributed by atoms with van der Waals surface area (Å²) in [5, 5.41) is 0. The van der Waals surface area contributed by atoms with E-state index in [9.17, 15) is 26.3 Å². The first-order valence-electron chi connectivity index (χ1n) is 10.9. The average Bonchev–Trinajstić information content (AvgIpc) is 2.65. The molecule has 0 saturated heterocycles. The first-order chi connectivity index (χ1) is 13.6. The highest BCUT2D eigenvalue weighted by atomic mass is 19.4. The van der Waals surface area contributed by atoms with Gasteiger partial charge in [-0.2, -0.15) is 26.3 Å². The summed E-state index contributed by atoms with van der Waals surface area (Å²) < 4.78 is 96.7. The number of alkyl halides is 6. The van der Waals surface area contributed by atoms with E-state index < -0.39 is 29.6 Å². The molecule has 8 heteroatoms. The van der Waals surface area contributed by atoms with Gasteiger partial charge in [-0.3, -0.25) is 0 Å². The van der Waals surface area contributed by atoms with Gasteiger partial charge in [0.2, 0.25) is 0 Å². The molecule has 0 spiro atoms. The molecule has 2 rings (SSSR count). The molecule has 0 atom stereocenters. The summed E-state index contributed by atoms with van der Waals surface area (Å²) in [7, 11) is 0. The van der Waals surface area contributed by atoms with E-state index in [0.717, 1.165) is 12.8 Å². The van der Waals surface area contributed by atoms with Gasteiger partial charge < -0.3 is 9.47 Å². The van der Waals surface area contributed by atoms with Gasteiger partial charge in [0.1, 0.15) is 0 Å². The van der Waals surface area contributed by atoms with Crippen LogP contribution in [0.25, 0.3) is 0 Å². The molecule has 0 bridgehead atoms. The maximum atomic E-state index is 14.3. The number of rotatable bonds is 8. The molecule has 0 aromatic carbocycles. The summed E-state index contributed by atoms with van der Waals surface area (Å²) in [6.45, 7) is 4.82. The number of ether oxygens (including phenoxy) is 2. The quantitative estimate of drug-likeness (QED) is 0.382. The van der Waals surface area contributed by atoms with Crippen molar-refractivity contribution >= 4 is 0 Å². The Balaban J connectivity index is 2.22. The highest BCUT2D eigenvalue weighted by molar-refractivity contribution is 5.05. The van der Waals surface area contributed by atoms with E-state index in [1.807, 2.05) is 13.8 Å². The highest BCUT2D eigenvalue weighted by Gasteiger charge is 2.76. The van der Waals surface area contributed by atoms with Crippen LogP contribution in [0.3, 0.4) is 0 Å². The van der Waals surface area contributed by atoms with Crippen LogP contribution in [0.15, 0.2) is 0 Å². The van der Waals surface area contributed by atoms with E-state index in [2.05, 4.69) is 0 Å². The predicted octanol–water partition coefficient (Wildman–Crippen LogP) is 7.07. The molecule has 0 amide bonds. The second-order valence-corrected chi connectivity index (χ2v) is 8.55. The van der Waals surface area contributed by atoms with Crippen LogP contribution in [0.2, 0.25) is 0 Å². The number of halogens is 6. The molecule has 0 aromatic heterocycles. The molecule has 0 radical (unpaired) electrons. The Morgan fingerprint density at radius 1 is 0.586 bits per heavy atom. The van der Waals surface area contributed by atoms with Crippen LogP contribution in [0, 0.1) is 17.3 Å². The van der Waals surface area contributed by atoms with Crippen LogP contribution in [-0.4, -0.2) is 37.8 Å². The Hall–Kier alpha value is -0.500. The summed E-state index contributed by atoms with van der Waals surface area (Å²) >= 11 is 0. The fraction of sp³-hybridized carbons (Fsp3) is 1.00. The maximum absolute atomic E-state index is 14.3. The van der Waals surface area contributed by atoms with Crippen molar-refractivity contribution in [3.8, 4) is 0 Å². The van der Waals surface area contributed by atoms with E-state index in [0.29, 0.717) is 13.2 Å². The van der Waals surface area contributed by atoms with Crippen LogP contribution in [0.5, 0.6) is 0 Å². The molecule has 2 saturated carbocycles. The highest BCUT2D eigenvalue weighted by Crippen LogP contribution is 2.64. The van der Waals surface area contributed by atoms with Crippen LogP contribution < -0.4 is 0 Å². The van der Waals surface area contributed by atoms with Gasteiger partial charge in [-0.15, -0.1) is 0 Å². The van der Waals surface area contributed by atoms with Crippen molar-refractivity contribution in [1.29, 1.82) is 0 Å². The van der Waals surface area contributed by atoms with E-state index in [4.69, 9.17) is 9.47 Å². The van der Waals surface area contributed by atoms with Crippen molar-refractivity contribution in [2.24, 2.45) is 17.3 Å². The second kappa shape index (κ2) is 10.2. The average molecular weight is 432 g/mol. The summed E-state index contributed by atoms with van der Waals surface area (Å²) in [6, 6.07) is 0. The summed E-state index contributed by atoms with van der Waals surface area (Å²) in [5.41, 5.74) is -3.63. The molecule has 2 fully saturated rings. The molecule has 0 heterocycles. The third-order valence-corrected chi connectivity index (χ3v) is 6.69. The van der Waals surface area contributed by atoms with Crippen molar-refractivity contribution < 1.29 is 35.8 Å². The molecule has 2 nitrogen and oxygen atoms in total. The van der Waals surface area contributed by atoms with Gasteiger partial charge in [-0.05, 0) is 76.0 Å². The van der Waals surface area contributed by atoms with Crippen LogP contribution in [0.1, 0.15) is 78.1 Å². The van der Waals surface area contributed by atoms with Crippen molar-refractivity contribution in [2.75, 3.05) is 13.2 Å². The maximum Gasteiger partial charge on any atom is 0.403 e. The molecule has 29 heavy (non-hydrogen) atoms. The molecule has 0 aromatic rings. The lowest BCUT2D eigenvalue weighted by Crippen LogP contribution is -2.61. The van der Waals surface area contributed by atoms with Gasteiger partial charge in [0.05, 0.1) is 12.2 Å². The Kier molecular flexibility index (Phi) is 8.72. The molecule has 172 valence electrons. The zero-order valence-electron chi connectivity index (χ0n) is 17.4. The Labute approximate surface area is 169 Å². The second-order valence-electron chi connectivity index (χ2n) is 8.55. The first-order valence-corrected chi connectivity index (χ1v) is 10.9. The monoisotopic (exact) mass is 432 g/mol. The molecule has 0 aliphatic heterocycles. The Bertz CT molecular complexity index is 431. The fourth-order valence-corrected chi connectivity index (χ4v) is 5.36. The zero-order valence-corrected chi connectivity index (χ0v) is 17.4. The minimum Gasteiger partial charge on any atom is -0.378 e. The van der Waals surface area contributed by atoms with Gasteiger partial charge >= 0.3 is 12.4 Å². The number of hydrogen-bond donors (Lipinski definition) is 0. The van der Waals surface area contributed by atoms with Crippen molar-refractivity contribution in [3.63, 3.8) is 0 Å². The van der Waals surface area contributed by atoms with Gasteiger partial charge in [-0.25, -0.2) is 0 Å². The lowest BCUT2D eigenvalue weighted by Gasteiger charge is -2.51. The van der Waals surface area contributed by atoms with Gasteiger partial charge in [0, 0.05) is 13.2 Å². The molecule has 0 unspecified atom stereocenters. The molecular formula is C21H34F6O2. The molecular weight excluding hydrogens is 398 g/mol. The van der Waals surface area contributed by atoms with Gasteiger partial charge in [-0.1, -0.05) is 13.8 Å². The molecule has 0 N–H and O–H groups in total.